The summed E-state index contributed by atoms with van der Waals surface area (Å²) >= 11 is 0. The van der Waals surface area contributed by atoms with Crippen LogP contribution in [0.25, 0.3) is 0 Å². The summed E-state index contributed by atoms with van der Waals surface area (Å²) in [5.41, 5.74) is 4.09. The molecule has 2 aliphatic heterocycles. The minimum Gasteiger partial charge on any atom is -0.369 e. The van der Waals surface area contributed by atoms with E-state index in [1.54, 1.807) is 4.31 Å². The number of nitrogens with zero attached hydrogens (tertiary/aromatic N) is 2. The largest absolute Gasteiger partial charge is 0.369 e. The molecular formula is C14H21N3O2S. The summed E-state index contributed by atoms with van der Waals surface area (Å²) in [7, 11) is -3.05. The van der Waals surface area contributed by atoms with Crippen molar-refractivity contribution in [2.75, 3.05) is 43.9 Å². The molecule has 0 spiro atoms. The van der Waals surface area contributed by atoms with Crippen LogP contribution in [0, 0.1) is 0 Å². The van der Waals surface area contributed by atoms with Crippen LogP contribution in [0.3, 0.4) is 0 Å². The van der Waals surface area contributed by atoms with Crippen molar-refractivity contribution in [1.29, 1.82) is 0 Å². The van der Waals surface area contributed by atoms with Crippen molar-refractivity contribution < 1.29 is 8.42 Å². The van der Waals surface area contributed by atoms with E-state index in [1.165, 1.54) is 23.1 Å². The fraction of sp³-hybridized carbons (Fsp3) is 0.571. The Kier molecular flexibility index (Phi) is 3.70. The summed E-state index contributed by atoms with van der Waals surface area (Å²) in [5, 5.41) is 3.39. The summed E-state index contributed by atoms with van der Waals surface area (Å²) < 4.78 is 24.7. The lowest BCUT2D eigenvalue weighted by Crippen LogP contribution is -2.48. The van der Waals surface area contributed by atoms with Crippen molar-refractivity contribution in [3.05, 3.63) is 29.3 Å². The van der Waals surface area contributed by atoms with Crippen molar-refractivity contribution in [2.24, 2.45) is 0 Å². The van der Waals surface area contributed by atoms with E-state index in [-0.39, 0.29) is 0 Å². The molecule has 1 aromatic carbocycles. The summed E-state index contributed by atoms with van der Waals surface area (Å²) in [4.78, 5) is 2.33. The average Bonchev–Trinajstić information content (AvgIpc) is 2.46. The van der Waals surface area contributed by atoms with Gasteiger partial charge in [0.25, 0.3) is 0 Å². The molecule has 1 N–H and O–H groups in total. The van der Waals surface area contributed by atoms with Gasteiger partial charge in [-0.2, -0.15) is 4.31 Å². The van der Waals surface area contributed by atoms with Gasteiger partial charge >= 0.3 is 0 Å². The van der Waals surface area contributed by atoms with Crippen LogP contribution in [-0.4, -0.2) is 51.7 Å². The Balaban J connectivity index is 1.79. The Morgan fingerprint density at radius 3 is 2.60 bits per heavy atom. The maximum Gasteiger partial charge on any atom is 0.211 e. The molecule has 0 radical (unpaired) electrons. The lowest BCUT2D eigenvalue weighted by atomic mass is 9.98. The van der Waals surface area contributed by atoms with Gasteiger partial charge in [0.1, 0.15) is 0 Å². The van der Waals surface area contributed by atoms with Crippen molar-refractivity contribution in [3.8, 4) is 0 Å². The van der Waals surface area contributed by atoms with Gasteiger partial charge in [0.2, 0.25) is 10.0 Å². The standard InChI is InChI=1S/C14H21N3O2S/c1-20(18,19)17-9-7-16(8-10-17)14-4-2-3-12-11-15-6-5-13(12)14/h2-4,15H,5-11H2,1H3. The zero-order valence-corrected chi connectivity index (χ0v) is 12.6. The van der Waals surface area contributed by atoms with Gasteiger partial charge in [0.15, 0.2) is 0 Å². The Morgan fingerprint density at radius 1 is 1.15 bits per heavy atom. The highest BCUT2D eigenvalue weighted by Crippen LogP contribution is 2.27. The Labute approximate surface area is 120 Å². The normalized spacial score (nSPS) is 20.8. The number of hydrogen-bond acceptors (Lipinski definition) is 4. The first-order valence-electron chi connectivity index (χ1n) is 7.07. The van der Waals surface area contributed by atoms with E-state index < -0.39 is 10.0 Å². The molecule has 6 heteroatoms. The molecule has 1 saturated heterocycles. The second-order valence-corrected chi connectivity index (χ2v) is 7.47. The van der Waals surface area contributed by atoms with E-state index in [0.717, 1.165) is 32.6 Å². The van der Waals surface area contributed by atoms with E-state index >= 15 is 0 Å². The fourth-order valence-electron chi connectivity index (χ4n) is 3.07. The first-order valence-corrected chi connectivity index (χ1v) is 8.92. The molecule has 3 rings (SSSR count). The van der Waals surface area contributed by atoms with Crippen molar-refractivity contribution in [3.63, 3.8) is 0 Å². The van der Waals surface area contributed by atoms with Gasteiger partial charge in [-0.3, -0.25) is 0 Å². The number of benzene rings is 1. The fourth-order valence-corrected chi connectivity index (χ4v) is 3.90. The van der Waals surface area contributed by atoms with E-state index in [4.69, 9.17) is 0 Å². The number of rotatable bonds is 2. The van der Waals surface area contributed by atoms with Crippen molar-refractivity contribution >= 4 is 15.7 Å². The quantitative estimate of drug-likeness (QED) is 0.859. The van der Waals surface area contributed by atoms with Gasteiger partial charge < -0.3 is 10.2 Å². The molecule has 1 fully saturated rings. The number of piperazine rings is 1. The Morgan fingerprint density at radius 2 is 1.90 bits per heavy atom. The maximum atomic E-state index is 11.6. The molecule has 0 unspecified atom stereocenters. The van der Waals surface area contributed by atoms with Gasteiger partial charge in [-0.1, -0.05) is 12.1 Å². The van der Waals surface area contributed by atoms with Crippen LogP contribution in [-0.2, 0) is 23.0 Å². The van der Waals surface area contributed by atoms with Crippen LogP contribution >= 0.6 is 0 Å². The molecule has 5 nitrogen and oxygen atoms in total. The van der Waals surface area contributed by atoms with Crippen molar-refractivity contribution in [1.82, 2.24) is 9.62 Å². The summed E-state index contributed by atoms with van der Waals surface area (Å²) in [5.74, 6) is 0. The number of hydrogen-bond donors (Lipinski definition) is 1. The molecule has 0 atom stereocenters. The first-order chi connectivity index (χ1) is 9.55. The monoisotopic (exact) mass is 295 g/mol. The van der Waals surface area contributed by atoms with Crippen LogP contribution in [0.15, 0.2) is 18.2 Å². The van der Waals surface area contributed by atoms with Gasteiger partial charge in [-0.15, -0.1) is 0 Å². The highest BCUT2D eigenvalue weighted by atomic mass is 32.2. The van der Waals surface area contributed by atoms with Crippen LogP contribution in [0.5, 0.6) is 0 Å². The number of nitrogens with one attached hydrogen (secondary N) is 1. The maximum absolute atomic E-state index is 11.6. The lowest BCUT2D eigenvalue weighted by molar-refractivity contribution is 0.387. The second kappa shape index (κ2) is 5.35. The molecule has 1 aromatic rings. The Hall–Kier alpha value is -1.11. The predicted molar refractivity (Wildman–Crippen MR) is 80.5 cm³/mol. The van der Waals surface area contributed by atoms with Crippen LogP contribution in [0.1, 0.15) is 11.1 Å². The molecule has 0 bridgehead atoms. The van der Waals surface area contributed by atoms with Crippen molar-refractivity contribution in [2.45, 2.75) is 13.0 Å². The van der Waals surface area contributed by atoms with E-state index in [2.05, 4.69) is 28.4 Å². The molecule has 110 valence electrons. The van der Waals surface area contributed by atoms with Gasteiger partial charge in [-0.05, 0) is 30.2 Å². The molecule has 20 heavy (non-hydrogen) atoms. The summed E-state index contributed by atoms with van der Waals surface area (Å²) in [6.45, 7) is 4.68. The van der Waals surface area contributed by atoms with Gasteiger partial charge in [0.05, 0.1) is 6.26 Å². The predicted octanol–water partition coefficient (Wildman–Crippen LogP) is 0.414. The third kappa shape index (κ3) is 2.68. The molecule has 0 amide bonds. The molecule has 2 aliphatic rings. The van der Waals surface area contributed by atoms with Crippen LogP contribution < -0.4 is 10.2 Å². The number of fused-ring (bicyclic) bond motifs is 1. The molecule has 0 saturated carbocycles. The lowest BCUT2D eigenvalue weighted by Gasteiger charge is -2.36. The highest BCUT2D eigenvalue weighted by molar-refractivity contribution is 7.88. The minimum atomic E-state index is -3.05. The molecular weight excluding hydrogens is 274 g/mol. The topological polar surface area (TPSA) is 52.7 Å². The zero-order chi connectivity index (χ0) is 14.2. The van der Waals surface area contributed by atoms with Gasteiger partial charge in [-0.25, -0.2) is 8.42 Å². The zero-order valence-electron chi connectivity index (χ0n) is 11.8. The van der Waals surface area contributed by atoms with Gasteiger partial charge in [0, 0.05) is 38.4 Å². The SMILES string of the molecule is CS(=O)(=O)N1CCN(c2cccc3c2CCNC3)CC1. The number of sulfonamides is 1. The van der Waals surface area contributed by atoms with E-state index in [9.17, 15) is 8.42 Å². The van der Waals surface area contributed by atoms with E-state index in [0.29, 0.717) is 13.1 Å². The average molecular weight is 295 g/mol. The van der Waals surface area contributed by atoms with Crippen LogP contribution in [0.2, 0.25) is 0 Å². The Bertz CT molecular complexity index is 592. The number of anilines is 1. The third-order valence-corrected chi connectivity index (χ3v) is 5.47. The van der Waals surface area contributed by atoms with Crippen LogP contribution in [0.4, 0.5) is 5.69 Å². The third-order valence-electron chi connectivity index (χ3n) is 4.16. The summed E-state index contributed by atoms with van der Waals surface area (Å²) in [6.07, 6.45) is 2.34. The second-order valence-electron chi connectivity index (χ2n) is 5.49. The summed E-state index contributed by atoms with van der Waals surface area (Å²) in [6, 6.07) is 6.45. The molecule has 0 aliphatic carbocycles. The minimum absolute atomic E-state index is 0.584. The first kappa shape index (κ1) is 13.9. The molecule has 0 aromatic heterocycles. The molecule has 2 heterocycles. The smallest absolute Gasteiger partial charge is 0.211 e. The van der Waals surface area contributed by atoms with E-state index in [1.807, 2.05) is 0 Å². The highest BCUT2D eigenvalue weighted by Gasteiger charge is 2.25.